The quantitative estimate of drug-likeness (QED) is 0.782. The highest BCUT2D eigenvalue weighted by atomic mass is 19.4. The first-order chi connectivity index (χ1) is 13.2. The molecule has 1 N–H and O–H groups in total. The van der Waals surface area contributed by atoms with Crippen molar-refractivity contribution in [3.8, 4) is 5.75 Å². The average Bonchev–Trinajstić information content (AvgIpc) is 3.46. The van der Waals surface area contributed by atoms with Crippen LogP contribution in [0.1, 0.15) is 40.3 Å². The molecule has 0 saturated heterocycles. The molecular weight excluding hydrogens is 375 g/mol. The monoisotopic (exact) mass is 393 g/mol. The molecule has 0 unspecified atom stereocenters. The van der Waals surface area contributed by atoms with Crippen molar-refractivity contribution in [3.63, 3.8) is 0 Å². The van der Waals surface area contributed by atoms with Gasteiger partial charge in [0.15, 0.2) is 0 Å². The van der Waals surface area contributed by atoms with Gasteiger partial charge in [0, 0.05) is 18.7 Å². The summed E-state index contributed by atoms with van der Waals surface area (Å²) < 4.78 is 40.8. The highest BCUT2D eigenvalue weighted by molar-refractivity contribution is 5.92. The van der Waals surface area contributed by atoms with Gasteiger partial charge in [0.25, 0.3) is 5.91 Å². The van der Waals surface area contributed by atoms with Crippen LogP contribution in [0.3, 0.4) is 0 Å². The van der Waals surface area contributed by atoms with E-state index in [-0.39, 0.29) is 36.1 Å². The molecule has 3 rings (SSSR count). The fourth-order valence-corrected chi connectivity index (χ4v) is 2.65. The summed E-state index contributed by atoms with van der Waals surface area (Å²) in [5.41, 5.74) is 1.04. The summed E-state index contributed by atoms with van der Waals surface area (Å²) in [6.07, 6.45) is -1.45. The first-order valence-electron chi connectivity index (χ1n) is 8.69. The third-order valence-electron chi connectivity index (χ3n) is 4.22. The minimum Gasteiger partial charge on any atom is -0.406 e. The van der Waals surface area contributed by atoms with Gasteiger partial charge in [-0.15, -0.1) is 13.2 Å². The molecule has 0 aliphatic heterocycles. The van der Waals surface area contributed by atoms with Crippen molar-refractivity contribution >= 4 is 11.7 Å². The first-order valence-corrected chi connectivity index (χ1v) is 8.69. The summed E-state index contributed by atoms with van der Waals surface area (Å²) in [6.45, 7) is 1.59. The first kappa shape index (κ1) is 19.8. The van der Waals surface area contributed by atoms with Gasteiger partial charge in [-0.25, -0.2) is 9.97 Å². The van der Waals surface area contributed by atoms with Gasteiger partial charge in [0.2, 0.25) is 0 Å². The van der Waals surface area contributed by atoms with Crippen LogP contribution in [0, 0.1) is 12.8 Å². The zero-order chi connectivity index (χ0) is 20.3. The number of carbonyl (C=O) groups is 2. The summed E-state index contributed by atoms with van der Waals surface area (Å²) in [4.78, 5) is 32.3. The van der Waals surface area contributed by atoms with Crippen molar-refractivity contribution in [3.05, 3.63) is 53.1 Å². The molecule has 6 nitrogen and oxygen atoms in total. The Morgan fingerprint density at radius 3 is 2.64 bits per heavy atom. The lowest BCUT2D eigenvalue weighted by molar-refractivity contribution is -0.274. The van der Waals surface area contributed by atoms with Gasteiger partial charge in [0.05, 0.1) is 6.42 Å². The molecule has 1 saturated carbocycles. The maximum Gasteiger partial charge on any atom is 0.573 e. The zero-order valence-corrected chi connectivity index (χ0v) is 15.0. The van der Waals surface area contributed by atoms with Crippen LogP contribution >= 0.6 is 0 Å². The second kappa shape index (κ2) is 7.95. The fraction of sp³-hybridized carbons (Fsp3) is 0.368. The molecule has 1 heterocycles. The van der Waals surface area contributed by atoms with E-state index < -0.39 is 12.3 Å². The lowest BCUT2D eigenvalue weighted by atomic mass is 10.1. The van der Waals surface area contributed by atoms with Crippen LogP contribution in [0.4, 0.5) is 13.2 Å². The number of aromatic nitrogens is 2. The van der Waals surface area contributed by atoms with Crippen LogP contribution in [-0.4, -0.2) is 28.0 Å². The number of halogens is 3. The molecule has 1 aromatic heterocycles. The predicted molar refractivity (Wildman–Crippen MR) is 92.5 cm³/mol. The lowest BCUT2D eigenvalue weighted by Crippen LogP contribution is -2.24. The number of hydrogen-bond donors (Lipinski definition) is 1. The van der Waals surface area contributed by atoms with Crippen molar-refractivity contribution in [2.24, 2.45) is 5.92 Å². The summed E-state index contributed by atoms with van der Waals surface area (Å²) in [5, 5.41) is 2.65. The molecule has 1 aliphatic carbocycles. The van der Waals surface area contributed by atoms with E-state index in [0.717, 1.165) is 12.8 Å². The Bertz CT molecular complexity index is 895. The van der Waals surface area contributed by atoms with Gasteiger partial charge < -0.3 is 10.1 Å². The van der Waals surface area contributed by atoms with E-state index in [0.29, 0.717) is 17.0 Å². The van der Waals surface area contributed by atoms with E-state index in [2.05, 4.69) is 20.0 Å². The van der Waals surface area contributed by atoms with Gasteiger partial charge in [-0.2, -0.15) is 0 Å². The number of ether oxygens (including phenoxy) is 1. The van der Waals surface area contributed by atoms with E-state index >= 15 is 0 Å². The van der Waals surface area contributed by atoms with Crippen LogP contribution in [0.25, 0.3) is 0 Å². The van der Waals surface area contributed by atoms with Crippen LogP contribution in [0.5, 0.6) is 5.75 Å². The number of alkyl halides is 3. The van der Waals surface area contributed by atoms with Crippen molar-refractivity contribution in [1.29, 1.82) is 0 Å². The molecule has 9 heteroatoms. The minimum atomic E-state index is -4.76. The molecule has 28 heavy (non-hydrogen) atoms. The summed E-state index contributed by atoms with van der Waals surface area (Å²) >= 11 is 0. The van der Waals surface area contributed by atoms with E-state index in [9.17, 15) is 22.8 Å². The molecule has 2 aromatic rings. The topological polar surface area (TPSA) is 81.2 Å². The summed E-state index contributed by atoms with van der Waals surface area (Å²) in [7, 11) is 0. The highest BCUT2D eigenvalue weighted by Crippen LogP contribution is 2.30. The van der Waals surface area contributed by atoms with Gasteiger partial charge in [-0.05, 0) is 43.0 Å². The molecule has 0 spiro atoms. The van der Waals surface area contributed by atoms with Crippen molar-refractivity contribution in [1.82, 2.24) is 15.3 Å². The second-order valence-corrected chi connectivity index (χ2v) is 6.61. The van der Waals surface area contributed by atoms with E-state index in [1.54, 1.807) is 0 Å². The molecule has 0 atom stereocenters. The van der Waals surface area contributed by atoms with Gasteiger partial charge in [0.1, 0.15) is 23.1 Å². The minimum absolute atomic E-state index is 0.0780. The number of nitrogens with one attached hydrogen (secondary N) is 1. The van der Waals surface area contributed by atoms with E-state index in [1.165, 1.54) is 37.4 Å². The van der Waals surface area contributed by atoms with Crippen molar-refractivity contribution in [2.45, 2.75) is 39.1 Å². The van der Waals surface area contributed by atoms with Gasteiger partial charge >= 0.3 is 6.36 Å². The third-order valence-corrected chi connectivity index (χ3v) is 4.22. The van der Waals surface area contributed by atoms with Crippen LogP contribution in [0.15, 0.2) is 30.5 Å². The van der Waals surface area contributed by atoms with Crippen molar-refractivity contribution < 1.29 is 27.5 Å². The number of Topliss-reactive ketones (excluding diaryl/α,β-unsaturated/α-hetero) is 1. The Labute approximate surface area is 159 Å². The maximum atomic E-state index is 12.3. The molecule has 1 aliphatic rings. The van der Waals surface area contributed by atoms with Crippen molar-refractivity contribution in [2.75, 3.05) is 0 Å². The largest absolute Gasteiger partial charge is 0.573 e. The zero-order valence-electron chi connectivity index (χ0n) is 15.0. The number of carbonyl (C=O) groups excluding carboxylic acids is 2. The number of rotatable bonds is 7. The highest BCUT2D eigenvalue weighted by Gasteiger charge is 2.32. The molecule has 0 bridgehead atoms. The van der Waals surface area contributed by atoms with E-state index in [1.807, 2.05) is 0 Å². The van der Waals surface area contributed by atoms with Gasteiger partial charge in [-0.3, -0.25) is 9.59 Å². The Morgan fingerprint density at radius 1 is 1.25 bits per heavy atom. The van der Waals surface area contributed by atoms with E-state index in [4.69, 9.17) is 0 Å². The Morgan fingerprint density at radius 2 is 2.00 bits per heavy atom. The Hall–Kier alpha value is -2.97. The Balaban J connectivity index is 1.59. The van der Waals surface area contributed by atoms with Crippen LogP contribution < -0.4 is 10.1 Å². The second-order valence-electron chi connectivity index (χ2n) is 6.61. The average molecular weight is 393 g/mol. The predicted octanol–water partition coefficient (Wildman–Crippen LogP) is 3.14. The molecule has 148 valence electrons. The molecule has 1 amide bonds. The summed E-state index contributed by atoms with van der Waals surface area (Å²) in [5.74, 6) is -0.281. The molecular formula is C19H18F3N3O3. The molecule has 0 radical (unpaired) electrons. The number of nitrogens with zero attached hydrogens (tertiary/aromatic N) is 2. The lowest BCUT2D eigenvalue weighted by Gasteiger charge is -2.12. The fourth-order valence-electron chi connectivity index (χ4n) is 2.65. The maximum absolute atomic E-state index is 12.3. The number of ketones is 1. The standard InChI is InChI=1S/C19H18F3N3O3/c1-11-8-12(2-5-16(11)28-19(20,21)22)10-24-18(27)14-6-7-23-17(25-14)9-15(26)13-3-4-13/h2,5-8,13H,3-4,9-10H2,1H3,(H,24,27). The number of aryl methyl sites for hydroxylation is 1. The number of benzene rings is 1. The Kier molecular flexibility index (Phi) is 5.62. The summed E-state index contributed by atoms with van der Waals surface area (Å²) in [6, 6.07) is 5.58. The number of amides is 1. The smallest absolute Gasteiger partial charge is 0.406 e. The van der Waals surface area contributed by atoms with Crippen LogP contribution in [-0.2, 0) is 17.8 Å². The number of hydrogen-bond acceptors (Lipinski definition) is 5. The normalized spacial score (nSPS) is 13.9. The SMILES string of the molecule is Cc1cc(CNC(=O)c2ccnc(CC(=O)C3CC3)n2)ccc1OC(F)(F)F. The molecule has 1 fully saturated rings. The van der Waals surface area contributed by atoms with Gasteiger partial charge in [-0.1, -0.05) is 12.1 Å². The molecule has 1 aromatic carbocycles. The van der Waals surface area contributed by atoms with Crippen LogP contribution in [0.2, 0.25) is 0 Å². The third kappa shape index (κ3) is 5.51.